The van der Waals surface area contributed by atoms with Gasteiger partial charge in [0.1, 0.15) is 0 Å². The second-order valence-electron chi connectivity index (χ2n) is 20.7. The Balaban J connectivity index is 0.914. The van der Waals surface area contributed by atoms with Gasteiger partial charge >= 0.3 is 0 Å². The molecule has 0 amide bonds. The first-order valence-electron chi connectivity index (χ1n) is 26.8. The number of para-hydroxylation sites is 4. The summed E-state index contributed by atoms with van der Waals surface area (Å²) in [5.41, 5.74) is 15.8. The Morgan fingerprint density at radius 1 is 0.321 bits per heavy atom. The Hall–Kier alpha value is -10.4. The van der Waals surface area contributed by atoms with Gasteiger partial charge in [-0.05, 0) is 119 Å². The van der Waals surface area contributed by atoms with E-state index in [1.807, 2.05) is 0 Å². The number of aryl methyl sites for hydroxylation is 1. The summed E-state index contributed by atoms with van der Waals surface area (Å²) in [5, 5.41) is 13.0. The molecular formula is C71H45N7. The highest BCUT2D eigenvalue weighted by Crippen LogP contribution is 2.45. The third kappa shape index (κ3) is 6.24. The van der Waals surface area contributed by atoms with Crippen LogP contribution in [0.1, 0.15) is 17.7 Å². The van der Waals surface area contributed by atoms with Crippen LogP contribution in [0, 0.1) is 0 Å². The average Bonchev–Trinajstić information content (AvgIpc) is 4.41. The number of hydrogen-bond donors (Lipinski definition) is 0. The van der Waals surface area contributed by atoms with Gasteiger partial charge in [0.2, 0.25) is 5.95 Å². The van der Waals surface area contributed by atoms with Crippen molar-refractivity contribution < 1.29 is 0 Å². The fourth-order valence-corrected chi connectivity index (χ4v) is 13.0. The molecule has 5 aromatic heterocycles. The van der Waals surface area contributed by atoms with Crippen LogP contribution < -0.4 is 0 Å². The molecule has 0 N–H and O–H groups in total. The van der Waals surface area contributed by atoms with Crippen LogP contribution in [0.25, 0.3) is 150 Å². The smallest absolute Gasteiger partial charge is 0.238 e. The fraction of sp³-hybridized carbons (Fsp3) is 0.0282. The van der Waals surface area contributed by atoms with Crippen LogP contribution in [0.15, 0.2) is 243 Å². The predicted octanol–water partition coefficient (Wildman–Crippen LogP) is 17.7. The van der Waals surface area contributed by atoms with E-state index in [4.69, 9.17) is 15.0 Å². The van der Waals surface area contributed by atoms with Crippen LogP contribution in [-0.4, -0.2) is 33.2 Å². The van der Waals surface area contributed by atoms with Crippen molar-refractivity contribution in [2.75, 3.05) is 0 Å². The number of benzene rings is 11. The number of aromatic nitrogens is 7. The molecule has 0 aliphatic heterocycles. The molecule has 11 aromatic carbocycles. The van der Waals surface area contributed by atoms with E-state index < -0.39 is 0 Å². The Morgan fingerprint density at radius 3 is 1.50 bits per heavy atom. The van der Waals surface area contributed by atoms with E-state index >= 15 is 0 Å². The van der Waals surface area contributed by atoms with Gasteiger partial charge in [-0.15, -0.1) is 0 Å². The van der Waals surface area contributed by atoms with E-state index in [2.05, 4.69) is 267 Å². The second-order valence-corrected chi connectivity index (χ2v) is 20.7. The van der Waals surface area contributed by atoms with Crippen LogP contribution >= 0.6 is 0 Å². The zero-order chi connectivity index (χ0) is 51.0. The monoisotopic (exact) mass is 995 g/mol. The zero-order valence-corrected chi connectivity index (χ0v) is 42.2. The Morgan fingerprint density at radius 2 is 0.833 bits per heavy atom. The molecule has 16 aromatic rings. The Labute approximate surface area is 447 Å². The van der Waals surface area contributed by atoms with Crippen molar-refractivity contribution >= 4 is 104 Å². The van der Waals surface area contributed by atoms with Crippen molar-refractivity contribution in [3.05, 3.63) is 254 Å². The Bertz CT molecular complexity index is 5120. The quantitative estimate of drug-likeness (QED) is 0.167. The minimum absolute atomic E-state index is 0.558. The minimum atomic E-state index is 0.558. The summed E-state index contributed by atoms with van der Waals surface area (Å²) in [6.45, 7) is 0. The maximum absolute atomic E-state index is 5.42. The van der Waals surface area contributed by atoms with Crippen LogP contribution in [-0.2, 0) is 6.42 Å². The number of hydrogen-bond acceptors (Lipinski definition) is 3. The van der Waals surface area contributed by atoms with E-state index in [9.17, 15) is 0 Å². The molecule has 0 atom stereocenters. The largest absolute Gasteiger partial charge is 0.309 e. The SMILES string of the molecule is C1=Cc2c(c3ccc4c(c5ccccc5n4-c4cccc(-n5c6ccccc6c6ccc7c(c8ccccc8n7-c7nc(-c8ccc9ccccc9c8)nc(-c8ccc9ccccc9c8)n7)c65)c4)c3n2-c2ccccc2)CC1. The molecule has 17 rings (SSSR count). The summed E-state index contributed by atoms with van der Waals surface area (Å²) in [7, 11) is 0. The molecule has 364 valence electrons. The first-order chi connectivity index (χ1) is 38.7. The summed E-state index contributed by atoms with van der Waals surface area (Å²) < 4.78 is 9.70. The molecule has 5 heterocycles. The third-order valence-corrected chi connectivity index (χ3v) is 16.4. The maximum atomic E-state index is 5.42. The molecule has 1 aliphatic rings. The molecule has 7 heteroatoms. The molecule has 7 nitrogen and oxygen atoms in total. The van der Waals surface area contributed by atoms with Crippen LogP contribution in [0.3, 0.4) is 0 Å². The summed E-state index contributed by atoms with van der Waals surface area (Å²) in [6.07, 6.45) is 6.72. The summed E-state index contributed by atoms with van der Waals surface area (Å²) in [4.78, 5) is 16.1. The van der Waals surface area contributed by atoms with Crippen molar-refractivity contribution in [3.8, 4) is 45.8 Å². The van der Waals surface area contributed by atoms with Crippen LogP contribution in [0.5, 0.6) is 0 Å². The first-order valence-corrected chi connectivity index (χ1v) is 26.8. The predicted molar refractivity (Wildman–Crippen MR) is 323 cm³/mol. The van der Waals surface area contributed by atoms with Gasteiger partial charge in [0.05, 0.1) is 38.6 Å². The number of nitrogens with zero attached hydrogens (tertiary/aromatic N) is 7. The van der Waals surface area contributed by atoms with E-state index in [1.165, 1.54) is 71.2 Å². The van der Waals surface area contributed by atoms with Crippen molar-refractivity contribution in [2.24, 2.45) is 0 Å². The standard InChI is InChI=1S/C71H45N7/c1-2-21-50(22-3-1)76-59-29-12-8-25-53(59)55-37-39-63-65(67(55)76)57-27-10-14-31-61(57)75(63)51-23-16-24-52(43-51)77-60-30-13-9-26-54(60)56-38-40-64-66(68(56)77)58-28-11-15-32-62(58)78(64)71-73-69(48-35-33-44-17-4-6-19-46(44)41-48)72-70(74-71)49-36-34-45-18-5-7-20-47(45)42-49/h1-7,9-24,26-43H,8,25H2. The van der Waals surface area contributed by atoms with E-state index in [1.54, 1.807) is 0 Å². The van der Waals surface area contributed by atoms with E-state index in [0.717, 1.165) is 79.0 Å². The van der Waals surface area contributed by atoms with Crippen molar-refractivity contribution in [3.63, 3.8) is 0 Å². The zero-order valence-electron chi connectivity index (χ0n) is 42.2. The highest BCUT2D eigenvalue weighted by atomic mass is 15.2. The van der Waals surface area contributed by atoms with E-state index in [-0.39, 0.29) is 0 Å². The topological polar surface area (TPSA) is 58.4 Å². The molecule has 0 fully saturated rings. The molecule has 0 saturated heterocycles. The average molecular weight is 996 g/mol. The van der Waals surface area contributed by atoms with Crippen molar-refractivity contribution in [2.45, 2.75) is 12.8 Å². The lowest BCUT2D eigenvalue weighted by atomic mass is 10.00. The number of rotatable bonds is 6. The molecule has 1 aliphatic carbocycles. The lowest BCUT2D eigenvalue weighted by Gasteiger charge is -2.14. The van der Waals surface area contributed by atoms with Gasteiger partial charge in [0.25, 0.3) is 0 Å². The normalized spacial score (nSPS) is 12.7. The van der Waals surface area contributed by atoms with Crippen LogP contribution in [0.2, 0.25) is 0 Å². The molecule has 0 saturated carbocycles. The highest BCUT2D eigenvalue weighted by molar-refractivity contribution is 6.26. The van der Waals surface area contributed by atoms with Gasteiger partial charge < -0.3 is 13.7 Å². The minimum Gasteiger partial charge on any atom is -0.309 e. The number of fused-ring (bicyclic) bond motifs is 16. The molecule has 0 radical (unpaired) electrons. The molecule has 0 bridgehead atoms. The van der Waals surface area contributed by atoms with Gasteiger partial charge in [-0.2, -0.15) is 9.97 Å². The summed E-state index contributed by atoms with van der Waals surface area (Å²) in [6, 6.07) is 85.6. The lowest BCUT2D eigenvalue weighted by molar-refractivity contribution is 0.954. The van der Waals surface area contributed by atoms with Gasteiger partial charge in [-0.3, -0.25) is 4.57 Å². The summed E-state index contributed by atoms with van der Waals surface area (Å²) >= 11 is 0. The summed E-state index contributed by atoms with van der Waals surface area (Å²) in [5.74, 6) is 1.78. The first kappa shape index (κ1) is 42.9. The maximum Gasteiger partial charge on any atom is 0.238 e. The Kier molecular flexibility index (Phi) is 9.12. The van der Waals surface area contributed by atoms with Gasteiger partial charge in [0, 0.05) is 71.6 Å². The number of allylic oxidation sites excluding steroid dienone is 1. The van der Waals surface area contributed by atoms with Gasteiger partial charge in [-0.25, -0.2) is 4.98 Å². The lowest BCUT2D eigenvalue weighted by Crippen LogP contribution is -2.06. The third-order valence-electron chi connectivity index (χ3n) is 16.4. The highest BCUT2D eigenvalue weighted by Gasteiger charge is 2.26. The molecule has 0 spiro atoms. The van der Waals surface area contributed by atoms with Crippen molar-refractivity contribution in [1.29, 1.82) is 0 Å². The fourth-order valence-electron chi connectivity index (χ4n) is 13.0. The second kappa shape index (κ2) is 16.6. The van der Waals surface area contributed by atoms with Crippen molar-refractivity contribution in [1.82, 2.24) is 33.2 Å². The molecule has 78 heavy (non-hydrogen) atoms. The van der Waals surface area contributed by atoms with Gasteiger partial charge in [-0.1, -0.05) is 170 Å². The van der Waals surface area contributed by atoms with Gasteiger partial charge in [0.15, 0.2) is 11.6 Å². The van der Waals surface area contributed by atoms with E-state index in [0.29, 0.717) is 17.6 Å². The van der Waals surface area contributed by atoms with Crippen LogP contribution in [0.4, 0.5) is 0 Å². The molecule has 0 unspecified atom stereocenters. The molecular weight excluding hydrogens is 951 g/mol.